The first-order chi connectivity index (χ1) is 4.29. The Morgan fingerprint density at radius 1 is 1.67 bits per heavy atom. The van der Waals surface area contributed by atoms with Crippen LogP contribution < -0.4 is 5.32 Å². The molecule has 1 aliphatic heterocycles. The average Bonchev–Trinajstić information content (AvgIpc) is 1.97. The molecule has 1 heterocycles. The second-order valence-corrected chi connectivity index (χ2v) is 2.95. The van der Waals surface area contributed by atoms with E-state index in [2.05, 4.69) is 25.4 Å². The summed E-state index contributed by atoms with van der Waals surface area (Å²) in [5.74, 6) is 0. The first-order valence-corrected chi connectivity index (χ1v) is 3.71. The molecule has 0 amide bonds. The van der Waals surface area contributed by atoms with Crippen LogP contribution in [-0.4, -0.2) is 6.04 Å². The number of hydrogen-bond acceptors (Lipinski definition) is 1. The Balaban J connectivity index is 2.42. The Morgan fingerprint density at radius 3 is 3.22 bits per heavy atom. The molecule has 0 saturated carbocycles. The lowest BCUT2D eigenvalue weighted by Gasteiger charge is -2.06. The second-order valence-electron chi connectivity index (χ2n) is 2.95. The van der Waals surface area contributed by atoms with Crippen molar-refractivity contribution in [2.75, 3.05) is 0 Å². The van der Waals surface area contributed by atoms with Crippen molar-refractivity contribution in [3.05, 3.63) is 11.8 Å². The molecular formula is C8H15N. The van der Waals surface area contributed by atoms with Crippen molar-refractivity contribution in [1.29, 1.82) is 0 Å². The highest BCUT2D eigenvalue weighted by atomic mass is 14.9. The van der Waals surface area contributed by atoms with Gasteiger partial charge in [-0.1, -0.05) is 5.57 Å². The summed E-state index contributed by atoms with van der Waals surface area (Å²) in [4.78, 5) is 0. The van der Waals surface area contributed by atoms with Gasteiger partial charge in [-0.2, -0.15) is 0 Å². The van der Waals surface area contributed by atoms with Crippen molar-refractivity contribution >= 4 is 0 Å². The Morgan fingerprint density at radius 2 is 2.44 bits per heavy atom. The molecule has 52 valence electrons. The molecule has 0 radical (unpaired) electrons. The van der Waals surface area contributed by atoms with Crippen LogP contribution in [0, 0.1) is 0 Å². The highest BCUT2D eigenvalue weighted by Crippen LogP contribution is 2.11. The van der Waals surface area contributed by atoms with Crippen LogP contribution >= 0.6 is 0 Å². The van der Waals surface area contributed by atoms with Crippen molar-refractivity contribution < 1.29 is 0 Å². The lowest BCUT2D eigenvalue weighted by molar-refractivity contribution is 0.580. The van der Waals surface area contributed by atoms with Gasteiger partial charge in [0.25, 0.3) is 0 Å². The van der Waals surface area contributed by atoms with E-state index in [1.165, 1.54) is 24.8 Å². The Labute approximate surface area is 57.1 Å². The summed E-state index contributed by atoms with van der Waals surface area (Å²) in [7, 11) is 0. The van der Waals surface area contributed by atoms with E-state index in [0.717, 1.165) is 0 Å². The SMILES string of the molecule is CC1=CN[C@@H](C)CCC1. The van der Waals surface area contributed by atoms with Crippen molar-refractivity contribution in [2.24, 2.45) is 0 Å². The highest BCUT2D eigenvalue weighted by Gasteiger charge is 2.02. The lowest BCUT2D eigenvalue weighted by atomic mass is 10.1. The molecule has 0 aromatic rings. The van der Waals surface area contributed by atoms with Crippen LogP contribution in [0.4, 0.5) is 0 Å². The number of hydrogen-bond donors (Lipinski definition) is 1. The monoisotopic (exact) mass is 125 g/mol. The van der Waals surface area contributed by atoms with Crippen LogP contribution in [0.2, 0.25) is 0 Å². The predicted octanol–water partition coefficient (Wildman–Crippen LogP) is 2.05. The molecule has 1 N–H and O–H groups in total. The van der Waals surface area contributed by atoms with E-state index in [1.54, 1.807) is 0 Å². The Kier molecular flexibility index (Phi) is 2.15. The Hall–Kier alpha value is -0.460. The third-order valence-electron chi connectivity index (χ3n) is 1.82. The van der Waals surface area contributed by atoms with Crippen LogP contribution in [-0.2, 0) is 0 Å². The zero-order valence-electron chi connectivity index (χ0n) is 6.28. The topological polar surface area (TPSA) is 12.0 Å². The molecule has 0 saturated heterocycles. The summed E-state index contributed by atoms with van der Waals surface area (Å²) in [5.41, 5.74) is 1.49. The van der Waals surface area contributed by atoms with Gasteiger partial charge >= 0.3 is 0 Å². The van der Waals surface area contributed by atoms with E-state index in [-0.39, 0.29) is 0 Å². The maximum absolute atomic E-state index is 3.33. The molecular weight excluding hydrogens is 110 g/mol. The van der Waals surface area contributed by atoms with Gasteiger partial charge in [-0.15, -0.1) is 0 Å². The fraction of sp³-hybridized carbons (Fsp3) is 0.750. The predicted molar refractivity (Wildman–Crippen MR) is 40.2 cm³/mol. The standard InChI is InChI=1S/C8H15N/c1-7-4-3-5-8(2)9-6-7/h6,8-9H,3-5H2,1-2H3/t8-/m0/s1. The lowest BCUT2D eigenvalue weighted by Crippen LogP contribution is -2.18. The minimum absolute atomic E-state index is 0.683. The van der Waals surface area contributed by atoms with Gasteiger partial charge in [-0.3, -0.25) is 0 Å². The molecule has 0 aromatic carbocycles. The van der Waals surface area contributed by atoms with Gasteiger partial charge in [0.2, 0.25) is 0 Å². The molecule has 0 bridgehead atoms. The van der Waals surface area contributed by atoms with Gasteiger partial charge in [0.15, 0.2) is 0 Å². The molecule has 1 rings (SSSR count). The van der Waals surface area contributed by atoms with Gasteiger partial charge in [0, 0.05) is 6.04 Å². The molecule has 0 unspecified atom stereocenters. The summed E-state index contributed by atoms with van der Waals surface area (Å²) in [6, 6.07) is 0.683. The zero-order chi connectivity index (χ0) is 6.69. The van der Waals surface area contributed by atoms with Crippen molar-refractivity contribution in [2.45, 2.75) is 39.2 Å². The summed E-state index contributed by atoms with van der Waals surface area (Å²) in [6.07, 6.45) is 6.08. The van der Waals surface area contributed by atoms with Crippen LogP contribution in [0.3, 0.4) is 0 Å². The first-order valence-electron chi connectivity index (χ1n) is 3.71. The summed E-state index contributed by atoms with van der Waals surface area (Å²) in [5, 5.41) is 3.33. The van der Waals surface area contributed by atoms with Crippen molar-refractivity contribution in [3.63, 3.8) is 0 Å². The van der Waals surface area contributed by atoms with E-state index >= 15 is 0 Å². The number of rotatable bonds is 0. The van der Waals surface area contributed by atoms with Gasteiger partial charge in [-0.25, -0.2) is 0 Å². The van der Waals surface area contributed by atoms with Crippen LogP contribution in [0.15, 0.2) is 11.8 Å². The molecule has 1 heteroatoms. The van der Waals surface area contributed by atoms with Crippen LogP contribution in [0.25, 0.3) is 0 Å². The van der Waals surface area contributed by atoms with E-state index < -0.39 is 0 Å². The maximum Gasteiger partial charge on any atom is 0.0227 e. The summed E-state index contributed by atoms with van der Waals surface area (Å²) >= 11 is 0. The third kappa shape index (κ3) is 2.08. The van der Waals surface area contributed by atoms with Crippen molar-refractivity contribution in [1.82, 2.24) is 5.32 Å². The number of allylic oxidation sites excluding steroid dienone is 1. The quantitative estimate of drug-likeness (QED) is 0.522. The van der Waals surface area contributed by atoms with E-state index in [1.807, 2.05) is 0 Å². The largest absolute Gasteiger partial charge is 0.388 e. The zero-order valence-corrected chi connectivity index (χ0v) is 6.28. The maximum atomic E-state index is 3.33. The Bertz CT molecular complexity index is 116. The van der Waals surface area contributed by atoms with Gasteiger partial charge < -0.3 is 5.32 Å². The third-order valence-corrected chi connectivity index (χ3v) is 1.82. The molecule has 1 atom stereocenters. The van der Waals surface area contributed by atoms with Crippen LogP contribution in [0.1, 0.15) is 33.1 Å². The normalized spacial score (nSPS) is 28.2. The average molecular weight is 125 g/mol. The van der Waals surface area contributed by atoms with E-state index in [0.29, 0.717) is 6.04 Å². The smallest absolute Gasteiger partial charge is 0.0227 e. The molecule has 0 aliphatic carbocycles. The summed E-state index contributed by atoms with van der Waals surface area (Å²) in [6.45, 7) is 4.42. The number of nitrogens with one attached hydrogen (secondary N) is 1. The van der Waals surface area contributed by atoms with Gasteiger partial charge in [-0.05, 0) is 39.3 Å². The second kappa shape index (κ2) is 2.90. The minimum atomic E-state index is 0.683. The van der Waals surface area contributed by atoms with E-state index in [9.17, 15) is 0 Å². The molecule has 1 aliphatic rings. The molecule has 0 fully saturated rings. The van der Waals surface area contributed by atoms with Crippen LogP contribution in [0.5, 0.6) is 0 Å². The highest BCUT2D eigenvalue weighted by molar-refractivity contribution is 4.99. The molecule has 9 heavy (non-hydrogen) atoms. The van der Waals surface area contributed by atoms with E-state index in [4.69, 9.17) is 0 Å². The van der Waals surface area contributed by atoms with Crippen molar-refractivity contribution in [3.8, 4) is 0 Å². The van der Waals surface area contributed by atoms with Gasteiger partial charge in [0.05, 0.1) is 0 Å². The molecule has 0 aromatic heterocycles. The molecule has 0 spiro atoms. The fourth-order valence-corrected chi connectivity index (χ4v) is 1.13. The minimum Gasteiger partial charge on any atom is -0.388 e. The van der Waals surface area contributed by atoms with Gasteiger partial charge in [0.1, 0.15) is 0 Å². The summed E-state index contributed by atoms with van der Waals surface area (Å²) < 4.78 is 0. The first kappa shape index (κ1) is 6.66. The fourth-order valence-electron chi connectivity index (χ4n) is 1.13. The molecule has 1 nitrogen and oxygen atoms in total.